The van der Waals surface area contributed by atoms with Crippen LogP contribution in [0.25, 0.3) is 39.0 Å². The Bertz CT molecular complexity index is 1690. The maximum atomic E-state index is 14.7. The van der Waals surface area contributed by atoms with Gasteiger partial charge in [0.1, 0.15) is 11.5 Å². The van der Waals surface area contributed by atoms with Crippen molar-refractivity contribution in [3.63, 3.8) is 0 Å². The third kappa shape index (κ3) is 5.46. The van der Waals surface area contributed by atoms with Crippen LogP contribution in [-0.4, -0.2) is 20.2 Å². The summed E-state index contributed by atoms with van der Waals surface area (Å²) in [5.41, 5.74) is 9.60. The van der Waals surface area contributed by atoms with Crippen LogP contribution in [0.3, 0.4) is 0 Å². The van der Waals surface area contributed by atoms with Crippen molar-refractivity contribution in [2.24, 2.45) is 0 Å². The number of aryl methyl sites for hydroxylation is 1. The molecule has 39 heavy (non-hydrogen) atoms. The van der Waals surface area contributed by atoms with E-state index in [2.05, 4.69) is 63.8 Å². The van der Waals surface area contributed by atoms with Gasteiger partial charge in [0, 0.05) is 39.7 Å². The number of hydrogen-bond acceptors (Lipinski definition) is 3. The van der Waals surface area contributed by atoms with Crippen molar-refractivity contribution >= 4 is 22.2 Å². The number of H-pyrrole nitrogens is 2. The SMILES string of the molecule is C=C/C=C(/c1ccccc1F)c1cc(-c2n[nH]c3ccc(-c4cncc(NC(=C)CCCC)c4)cc23)[nH]c1C. The molecular formula is C33H32FN5. The summed E-state index contributed by atoms with van der Waals surface area (Å²) in [5, 5.41) is 12.1. The van der Waals surface area contributed by atoms with Crippen molar-refractivity contribution in [1.29, 1.82) is 0 Å². The summed E-state index contributed by atoms with van der Waals surface area (Å²) in [5.74, 6) is -0.276. The molecule has 5 rings (SSSR count). The van der Waals surface area contributed by atoms with Gasteiger partial charge in [0.05, 0.1) is 23.1 Å². The van der Waals surface area contributed by atoms with Crippen LogP contribution in [-0.2, 0) is 0 Å². The lowest BCUT2D eigenvalue weighted by molar-refractivity contribution is 0.624. The topological polar surface area (TPSA) is 69.4 Å². The summed E-state index contributed by atoms with van der Waals surface area (Å²) >= 11 is 0. The zero-order chi connectivity index (χ0) is 27.4. The molecule has 3 N–H and O–H groups in total. The number of aromatic nitrogens is 4. The summed E-state index contributed by atoms with van der Waals surface area (Å²) in [4.78, 5) is 7.91. The first kappa shape index (κ1) is 25.9. The summed E-state index contributed by atoms with van der Waals surface area (Å²) in [7, 11) is 0. The highest BCUT2D eigenvalue weighted by atomic mass is 19.1. The number of allylic oxidation sites excluding steroid dienone is 3. The molecule has 2 aromatic carbocycles. The van der Waals surface area contributed by atoms with E-state index in [0.717, 1.165) is 80.9 Å². The van der Waals surface area contributed by atoms with Gasteiger partial charge in [0.15, 0.2) is 0 Å². The van der Waals surface area contributed by atoms with Crippen LogP contribution in [0.15, 0.2) is 98.0 Å². The van der Waals surface area contributed by atoms with Crippen LogP contribution in [0.4, 0.5) is 10.1 Å². The quantitative estimate of drug-likeness (QED) is 0.162. The summed E-state index contributed by atoms with van der Waals surface area (Å²) in [6, 6.07) is 17.1. The van der Waals surface area contributed by atoms with Gasteiger partial charge < -0.3 is 10.3 Å². The number of hydrogen-bond donors (Lipinski definition) is 3. The Morgan fingerprint density at radius 2 is 1.90 bits per heavy atom. The molecule has 3 heterocycles. The molecule has 5 aromatic rings. The van der Waals surface area contributed by atoms with Gasteiger partial charge in [-0.05, 0) is 61.2 Å². The molecule has 0 atom stereocenters. The molecule has 196 valence electrons. The summed E-state index contributed by atoms with van der Waals surface area (Å²) in [6.45, 7) is 12.1. The van der Waals surface area contributed by atoms with E-state index < -0.39 is 0 Å². The Hall–Kier alpha value is -4.71. The van der Waals surface area contributed by atoms with Crippen LogP contribution in [0.1, 0.15) is 43.0 Å². The van der Waals surface area contributed by atoms with Crippen LogP contribution in [0, 0.1) is 12.7 Å². The number of anilines is 1. The number of benzene rings is 2. The molecule has 0 aliphatic rings. The highest BCUT2D eigenvalue weighted by Gasteiger charge is 2.18. The number of unbranched alkanes of at least 4 members (excludes halogenated alkanes) is 1. The van der Waals surface area contributed by atoms with Crippen LogP contribution in [0.2, 0.25) is 0 Å². The summed E-state index contributed by atoms with van der Waals surface area (Å²) < 4.78 is 14.7. The number of aromatic amines is 2. The first-order chi connectivity index (χ1) is 19.0. The minimum atomic E-state index is -0.276. The fraction of sp³-hybridized carbons (Fsp3) is 0.152. The fourth-order valence-corrected chi connectivity index (χ4v) is 4.81. The van der Waals surface area contributed by atoms with Gasteiger partial charge in [-0.25, -0.2) is 4.39 Å². The molecule has 0 radical (unpaired) electrons. The average molecular weight is 518 g/mol. The van der Waals surface area contributed by atoms with Crippen LogP contribution in [0.5, 0.6) is 0 Å². The van der Waals surface area contributed by atoms with Gasteiger partial charge in [-0.1, -0.05) is 62.9 Å². The maximum absolute atomic E-state index is 14.7. The number of pyridine rings is 1. The zero-order valence-corrected chi connectivity index (χ0v) is 22.3. The lowest BCUT2D eigenvalue weighted by Gasteiger charge is -2.10. The molecular weight excluding hydrogens is 485 g/mol. The molecule has 0 aliphatic heterocycles. The van der Waals surface area contributed by atoms with Crippen molar-refractivity contribution < 1.29 is 4.39 Å². The second kappa shape index (κ2) is 11.4. The second-order valence-electron chi connectivity index (χ2n) is 9.64. The van der Waals surface area contributed by atoms with Crippen molar-refractivity contribution in [2.45, 2.75) is 33.1 Å². The van der Waals surface area contributed by atoms with E-state index >= 15 is 0 Å². The zero-order valence-electron chi connectivity index (χ0n) is 22.3. The number of halogens is 1. The molecule has 0 bridgehead atoms. The van der Waals surface area contributed by atoms with Gasteiger partial charge >= 0.3 is 0 Å². The minimum Gasteiger partial charge on any atom is -0.358 e. The largest absolute Gasteiger partial charge is 0.358 e. The molecule has 0 aliphatic carbocycles. The Balaban J connectivity index is 1.51. The number of rotatable bonds is 10. The van der Waals surface area contributed by atoms with Crippen molar-refractivity contribution in [1.82, 2.24) is 20.2 Å². The van der Waals surface area contributed by atoms with E-state index in [1.807, 2.05) is 43.6 Å². The highest BCUT2D eigenvalue weighted by Crippen LogP contribution is 2.35. The normalized spacial score (nSPS) is 11.6. The number of nitrogens with zero attached hydrogens (tertiary/aromatic N) is 2. The third-order valence-corrected chi connectivity index (χ3v) is 6.80. The predicted octanol–water partition coefficient (Wildman–Crippen LogP) is 8.80. The van der Waals surface area contributed by atoms with Gasteiger partial charge in [-0.2, -0.15) is 5.10 Å². The second-order valence-corrected chi connectivity index (χ2v) is 9.64. The first-order valence-electron chi connectivity index (χ1n) is 13.1. The molecule has 5 nitrogen and oxygen atoms in total. The number of fused-ring (bicyclic) bond motifs is 1. The van der Waals surface area contributed by atoms with Crippen molar-refractivity contribution in [3.8, 4) is 22.5 Å². The first-order valence-corrected chi connectivity index (χ1v) is 13.1. The van der Waals surface area contributed by atoms with Crippen molar-refractivity contribution in [3.05, 3.63) is 121 Å². The molecule has 0 saturated carbocycles. The highest BCUT2D eigenvalue weighted by molar-refractivity contribution is 5.96. The molecule has 0 saturated heterocycles. The van der Waals surface area contributed by atoms with E-state index in [4.69, 9.17) is 0 Å². The average Bonchev–Trinajstić information content (AvgIpc) is 3.54. The molecule has 6 heteroatoms. The lowest BCUT2D eigenvalue weighted by atomic mass is 9.96. The minimum absolute atomic E-state index is 0.276. The molecule has 0 spiro atoms. The van der Waals surface area contributed by atoms with Gasteiger partial charge in [-0.3, -0.25) is 10.1 Å². The number of nitrogens with one attached hydrogen (secondary N) is 3. The Morgan fingerprint density at radius 1 is 1.05 bits per heavy atom. The molecule has 3 aromatic heterocycles. The van der Waals surface area contributed by atoms with Crippen LogP contribution < -0.4 is 5.32 Å². The molecule has 0 fully saturated rings. The van der Waals surface area contributed by atoms with E-state index in [0.29, 0.717) is 5.56 Å². The van der Waals surface area contributed by atoms with Gasteiger partial charge in [0.2, 0.25) is 0 Å². The van der Waals surface area contributed by atoms with E-state index in [-0.39, 0.29) is 5.82 Å². The molecule has 0 amide bonds. The Kier molecular flexibility index (Phi) is 7.55. The predicted molar refractivity (Wildman–Crippen MR) is 160 cm³/mol. The maximum Gasteiger partial charge on any atom is 0.131 e. The Morgan fingerprint density at radius 3 is 2.69 bits per heavy atom. The van der Waals surface area contributed by atoms with Gasteiger partial charge in [0.25, 0.3) is 0 Å². The van der Waals surface area contributed by atoms with Crippen LogP contribution >= 0.6 is 0 Å². The standard InChI is InChI=1S/C33H32FN5/c1-5-7-11-21(3)36-25-16-24(19-35-20-25)23-14-15-31-29(17-23)33(39-38-31)32-18-28(22(4)37-32)26(10-6-2)27-12-8-9-13-30(27)34/h6,8-10,12-20,36-37H,2-3,5,7,11H2,1,4H3,(H,38,39)/b26-10-. The Labute approximate surface area is 228 Å². The summed E-state index contributed by atoms with van der Waals surface area (Å²) in [6.07, 6.45) is 10.4. The van der Waals surface area contributed by atoms with E-state index in [1.165, 1.54) is 6.07 Å². The van der Waals surface area contributed by atoms with Crippen molar-refractivity contribution in [2.75, 3.05) is 5.32 Å². The van der Waals surface area contributed by atoms with E-state index in [9.17, 15) is 4.39 Å². The monoisotopic (exact) mass is 517 g/mol. The smallest absolute Gasteiger partial charge is 0.131 e. The third-order valence-electron chi connectivity index (χ3n) is 6.80. The lowest BCUT2D eigenvalue weighted by Crippen LogP contribution is -1.98. The fourth-order valence-electron chi connectivity index (χ4n) is 4.81. The molecule has 0 unspecified atom stereocenters. The van der Waals surface area contributed by atoms with E-state index in [1.54, 1.807) is 18.2 Å². The van der Waals surface area contributed by atoms with Gasteiger partial charge in [-0.15, -0.1) is 0 Å².